The van der Waals surface area contributed by atoms with Crippen LogP contribution in [0.1, 0.15) is 18.4 Å². The summed E-state index contributed by atoms with van der Waals surface area (Å²) in [4.78, 5) is 10.0. The maximum absolute atomic E-state index is 4.47. The lowest BCUT2D eigenvalue weighted by Gasteiger charge is -2.06. The fourth-order valence-electron chi connectivity index (χ4n) is 1.59. The highest BCUT2D eigenvalue weighted by Gasteiger charge is 2.04. The maximum atomic E-state index is 4.47. The van der Waals surface area contributed by atoms with Crippen molar-refractivity contribution in [1.29, 1.82) is 0 Å². The van der Waals surface area contributed by atoms with Gasteiger partial charge < -0.3 is 5.32 Å². The first-order valence-corrected chi connectivity index (χ1v) is 6.86. The van der Waals surface area contributed by atoms with Gasteiger partial charge in [0.05, 0.1) is 11.9 Å². The van der Waals surface area contributed by atoms with Gasteiger partial charge in [-0.25, -0.2) is 9.97 Å². The molecule has 0 saturated heterocycles. The molecular formula is C12H17N5S. The average molecular weight is 263 g/mol. The van der Waals surface area contributed by atoms with Gasteiger partial charge in [0.25, 0.3) is 0 Å². The van der Waals surface area contributed by atoms with E-state index in [0.29, 0.717) is 0 Å². The number of rotatable bonds is 5. The van der Waals surface area contributed by atoms with Crippen LogP contribution in [0.5, 0.6) is 0 Å². The van der Waals surface area contributed by atoms with E-state index in [-0.39, 0.29) is 0 Å². The van der Waals surface area contributed by atoms with Crippen molar-refractivity contribution in [2.75, 3.05) is 11.9 Å². The molecule has 2 rings (SSSR count). The summed E-state index contributed by atoms with van der Waals surface area (Å²) in [6.07, 6.45) is 3.84. The molecular weight excluding hydrogens is 246 g/mol. The van der Waals surface area contributed by atoms with Crippen LogP contribution in [0.25, 0.3) is 0 Å². The van der Waals surface area contributed by atoms with E-state index in [4.69, 9.17) is 0 Å². The van der Waals surface area contributed by atoms with Crippen LogP contribution in [0.15, 0.2) is 23.4 Å². The molecule has 0 spiro atoms. The predicted octanol–water partition coefficient (Wildman–Crippen LogP) is 2.24. The molecule has 2 aromatic heterocycles. The summed E-state index contributed by atoms with van der Waals surface area (Å²) in [6, 6.07) is 1.96. The summed E-state index contributed by atoms with van der Waals surface area (Å²) in [5, 5.41) is 7.35. The summed E-state index contributed by atoms with van der Waals surface area (Å²) in [5.41, 5.74) is 0.989. The van der Waals surface area contributed by atoms with Gasteiger partial charge in [0.1, 0.15) is 11.6 Å². The van der Waals surface area contributed by atoms with Gasteiger partial charge in [-0.15, -0.1) is 11.8 Å². The Labute approximate surface area is 111 Å². The number of aryl methyl sites for hydroxylation is 2. The van der Waals surface area contributed by atoms with Crippen LogP contribution in [-0.4, -0.2) is 26.3 Å². The highest BCUT2D eigenvalue weighted by atomic mass is 32.2. The monoisotopic (exact) mass is 263 g/mol. The Hall–Kier alpha value is -1.56. The van der Waals surface area contributed by atoms with Crippen molar-refractivity contribution >= 4 is 17.6 Å². The zero-order valence-electron chi connectivity index (χ0n) is 10.8. The Morgan fingerprint density at radius 2 is 2.22 bits per heavy atom. The third-order valence-corrected chi connectivity index (χ3v) is 3.25. The second-order valence-electron chi connectivity index (χ2n) is 3.98. The van der Waals surface area contributed by atoms with Crippen molar-refractivity contribution in [3.63, 3.8) is 0 Å². The van der Waals surface area contributed by atoms with Crippen molar-refractivity contribution in [2.45, 2.75) is 24.5 Å². The van der Waals surface area contributed by atoms with Crippen LogP contribution in [0.2, 0.25) is 0 Å². The van der Waals surface area contributed by atoms with Gasteiger partial charge >= 0.3 is 0 Å². The summed E-state index contributed by atoms with van der Waals surface area (Å²) < 4.78 is 1.80. The quantitative estimate of drug-likeness (QED) is 0.838. The van der Waals surface area contributed by atoms with Crippen LogP contribution in [0, 0.1) is 6.92 Å². The molecule has 0 unspecified atom stereocenters. The van der Waals surface area contributed by atoms with E-state index in [1.54, 1.807) is 16.4 Å². The molecule has 0 fully saturated rings. The van der Waals surface area contributed by atoms with Gasteiger partial charge in [-0.1, -0.05) is 0 Å². The normalized spacial score (nSPS) is 10.6. The number of hydrogen-bond acceptors (Lipinski definition) is 5. The lowest BCUT2D eigenvalue weighted by molar-refractivity contribution is 0.766. The number of hydrogen-bond donors (Lipinski definition) is 1. The maximum Gasteiger partial charge on any atom is 0.141 e. The largest absolute Gasteiger partial charge is 0.370 e. The van der Waals surface area contributed by atoms with Gasteiger partial charge in [-0.3, -0.25) is 4.68 Å². The molecule has 96 valence electrons. The fourth-order valence-corrected chi connectivity index (χ4v) is 2.36. The summed E-state index contributed by atoms with van der Waals surface area (Å²) in [5.74, 6) is 2.50. The lowest BCUT2D eigenvalue weighted by Crippen LogP contribution is -2.04. The van der Waals surface area contributed by atoms with Crippen LogP contribution in [-0.2, 0) is 12.8 Å². The summed E-state index contributed by atoms with van der Waals surface area (Å²) >= 11 is 1.69. The van der Waals surface area contributed by atoms with Gasteiger partial charge in [0.2, 0.25) is 0 Å². The van der Waals surface area contributed by atoms with E-state index in [9.17, 15) is 0 Å². The minimum absolute atomic E-state index is 0.756. The Morgan fingerprint density at radius 3 is 2.89 bits per heavy atom. The van der Waals surface area contributed by atoms with Crippen LogP contribution < -0.4 is 5.32 Å². The Morgan fingerprint density at radius 1 is 1.39 bits per heavy atom. The summed E-state index contributed by atoms with van der Waals surface area (Å²) in [6.45, 7) is 4.91. The highest BCUT2D eigenvalue weighted by molar-refractivity contribution is 7.98. The number of aromatic nitrogens is 4. The predicted molar refractivity (Wildman–Crippen MR) is 73.7 cm³/mol. The SMILES string of the molecule is CCNc1cc(C)nc(CSc2cnn(C)c2)n1. The number of nitrogens with one attached hydrogen (secondary N) is 1. The van der Waals surface area contributed by atoms with Crippen LogP contribution in [0.4, 0.5) is 5.82 Å². The molecule has 1 N–H and O–H groups in total. The first-order chi connectivity index (χ1) is 8.67. The highest BCUT2D eigenvalue weighted by Crippen LogP contribution is 2.21. The molecule has 0 radical (unpaired) electrons. The van der Waals surface area contributed by atoms with Gasteiger partial charge in [-0.05, 0) is 13.8 Å². The zero-order valence-corrected chi connectivity index (χ0v) is 11.7. The first-order valence-electron chi connectivity index (χ1n) is 5.87. The van der Waals surface area contributed by atoms with Gasteiger partial charge in [0, 0.05) is 36.4 Å². The molecule has 18 heavy (non-hydrogen) atoms. The number of anilines is 1. The molecule has 5 nitrogen and oxygen atoms in total. The molecule has 0 aromatic carbocycles. The van der Waals surface area contributed by atoms with Crippen LogP contribution >= 0.6 is 11.8 Å². The molecule has 0 aliphatic carbocycles. The number of thioether (sulfide) groups is 1. The van der Waals surface area contributed by atoms with Gasteiger partial charge in [0.15, 0.2) is 0 Å². The van der Waals surface area contributed by atoms with Crippen molar-refractivity contribution in [1.82, 2.24) is 19.7 Å². The number of nitrogens with zero attached hydrogens (tertiary/aromatic N) is 4. The molecule has 0 aliphatic heterocycles. The minimum Gasteiger partial charge on any atom is -0.370 e. The smallest absolute Gasteiger partial charge is 0.141 e. The summed E-state index contributed by atoms with van der Waals surface area (Å²) in [7, 11) is 1.91. The third kappa shape index (κ3) is 3.46. The molecule has 0 aliphatic rings. The van der Waals surface area contributed by atoms with E-state index in [0.717, 1.165) is 34.5 Å². The fraction of sp³-hybridized carbons (Fsp3) is 0.417. The standard InChI is InChI=1S/C12H17N5S/c1-4-13-11-5-9(2)15-12(16-11)8-18-10-6-14-17(3)7-10/h5-7H,4,8H2,1-3H3,(H,13,15,16). The second-order valence-corrected chi connectivity index (χ2v) is 5.03. The minimum atomic E-state index is 0.756. The molecule has 2 aromatic rings. The van der Waals surface area contributed by atoms with E-state index in [1.165, 1.54) is 0 Å². The van der Waals surface area contributed by atoms with E-state index in [1.807, 2.05) is 32.4 Å². The molecule has 0 amide bonds. The van der Waals surface area contributed by atoms with E-state index in [2.05, 4.69) is 27.3 Å². The first kappa shape index (κ1) is 12.9. The van der Waals surface area contributed by atoms with Gasteiger partial charge in [-0.2, -0.15) is 5.10 Å². The Balaban J connectivity index is 2.04. The van der Waals surface area contributed by atoms with Crippen LogP contribution in [0.3, 0.4) is 0 Å². The average Bonchev–Trinajstić information content (AvgIpc) is 2.72. The topological polar surface area (TPSA) is 55.6 Å². The van der Waals surface area contributed by atoms with Crippen molar-refractivity contribution in [3.05, 3.63) is 30.0 Å². The second kappa shape index (κ2) is 5.86. The van der Waals surface area contributed by atoms with Crippen molar-refractivity contribution in [2.24, 2.45) is 7.05 Å². The zero-order chi connectivity index (χ0) is 13.0. The molecule has 2 heterocycles. The molecule has 6 heteroatoms. The Kier molecular flexibility index (Phi) is 4.19. The van der Waals surface area contributed by atoms with Crippen molar-refractivity contribution in [3.8, 4) is 0 Å². The van der Waals surface area contributed by atoms with E-state index < -0.39 is 0 Å². The Bertz CT molecular complexity index is 523. The molecule has 0 saturated carbocycles. The lowest BCUT2D eigenvalue weighted by atomic mass is 10.4. The third-order valence-electron chi connectivity index (χ3n) is 2.31. The molecule has 0 atom stereocenters. The van der Waals surface area contributed by atoms with Crippen molar-refractivity contribution < 1.29 is 0 Å². The molecule has 0 bridgehead atoms. The van der Waals surface area contributed by atoms with E-state index >= 15 is 0 Å².